The molecule has 1 N–H and O–H groups in total. The van der Waals surface area contributed by atoms with Gasteiger partial charge in [-0.15, -0.1) is 0 Å². The molecule has 0 aliphatic rings. The monoisotopic (exact) mass is 323 g/mol. The first-order chi connectivity index (χ1) is 9.91. The van der Waals surface area contributed by atoms with Crippen molar-refractivity contribution in [2.75, 3.05) is 11.6 Å². The summed E-state index contributed by atoms with van der Waals surface area (Å²) in [6.45, 7) is 2.05. The second-order valence-electron chi connectivity index (χ2n) is 4.93. The highest BCUT2D eigenvalue weighted by Gasteiger charge is 2.16. The number of hydrogen-bond acceptors (Lipinski definition) is 3. The van der Waals surface area contributed by atoms with Gasteiger partial charge in [-0.05, 0) is 36.2 Å². The van der Waals surface area contributed by atoms with Gasteiger partial charge in [0.05, 0.1) is 16.6 Å². The number of hydrogen-bond donors (Lipinski definition) is 1. The minimum atomic E-state index is -3.26. The van der Waals surface area contributed by atoms with Crippen molar-refractivity contribution < 1.29 is 8.42 Å². The van der Waals surface area contributed by atoms with Gasteiger partial charge in [0, 0.05) is 11.3 Å². The number of para-hydroxylation sites is 1. The number of nitrogens with one attached hydrogen (secondary N) is 1. The van der Waals surface area contributed by atoms with Gasteiger partial charge in [0.15, 0.2) is 9.84 Å². The molecule has 1 unspecified atom stereocenters. The Labute approximate surface area is 130 Å². The highest BCUT2D eigenvalue weighted by atomic mass is 35.5. The summed E-state index contributed by atoms with van der Waals surface area (Å²) in [6.07, 6.45) is 2.05. The zero-order valence-electron chi connectivity index (χ0n) is 12.0. The fourth-order valence-electron chi connectivity index (χ4n) is 2.21. The molecule has 0 saturated heterocycles. The molecule has 3 nitrogen and oxygen atoms in total. The molecule has 0 amide bonds. The van der Waals surface area contributed by atoms with E-state index in [9.17, 15) is 8.42 Å². The van der Waals surface area contributed by atoms with Gasteiger partial charge in [-0.1, -0.05) is 42.8 Å². The topological polar surface area (TPSA) is 46.2 Å². The molecule has 0 heterocycles. The number of benzene rings is 2. The van der Waals surface area contributed by atoms with Gasteiger partial charge < -0.3 is 5.32 Å². The maximum atomic E-state index is 11.8. The molecule has 0 bridgehead atoms. The summed E-state index contributed by atoms with van der Waals surface area (Å²) >= 11 is 5.91. The highest BCUT2D eigenvalue weighted by molar-refractivity contribution is 7.90. The van der Waals surface area contributed by atoms with Crippen molar-refractivity contribution in [3.05, 3.63) is 59.1 Å². The van der Waals surface area contributed by atoms with Gasteiger partial charge in [0.25, 0.3) is 0 Å². The van der Waals surface area contributed by atoms with E-state index in [0.29, 0.717) is 15.6 Å². The molecule has 2 aromatic carbocycles. The largest absolute Gasteiger partial charge is 0.377 e. The van der Waals surface area contributed by atoms with Crippen molar-refractivity contribution in [2.24, 2.45) is 0 Å². The number of anilines is 1. The van der Waals surface area contributed by atoms with E-state index >= 15 is 0 Å². The van der Waals surface area contributed by atoms with Crippen molar-refractivity contribution in [3.63, 3.8) is 0 Å². The van der Waals surface area contributed by atoms with Crippen molar-refractivity contribution in [1.29, 1.82) is 0 Å². The molecule has 0 radical (unpaired) electrons. The van der Waals surface area contributed by atoms with E-state index < -0.39 is 9.84 Å². The van der Waals surface area contributed by atoms with Gasteiger partial charge in [-0.25, -0.2) is 8.42 Å². The van der Waals surface area contributed by atoms with Crippen molar-refractivity contribution in [1.82, 2.24) is 0 Å². The third kappa shape index (κ3) is 3.99. The minimum absolute atomic E-state index is 0.0326. The standard InChI is InChI=1S/C16H18ClNO2S/c1-3-14(12-8-10-13(17)11-9-12)18-15-6-4-5-7-16(15)21(2,19)20/h4-11,14,18H,3H2,1-2H3. The van der Waals surface area contributed by atoms with Crippen LogP contribution in [0.1, 0.15) is 24.9 Å². The van der Waals surface area contributed by atoms with Crippen LogP contribution in [0.3, 0.4) is 0 Å². The van der Waals surface area contributed by atoms with E-state index in [1.54, 1.807) is 18.2 Å². The smallest absolute Gasteiger partial charge is 0.177 e. The van der Waals surface area contributed by atoms with Gasteiger partial charge in [0.2, 0.25) is 0 Å². The molecule has 0 saturated carbocycles. The lowest BCUT2D eigenvalue weighted by atomic mass is 10.0. The summed E-state index contributed by atoms with van der Waals surface area (Å²) in [5, 5.41) is 4.00. The predicted octanol–water partition coefficient (Wildman–Crippen LogP) is 4.31. The van der Waals surface area contributed by atoms with Crippen LogP contribution in [-0.2, 0) is 9.84 Å². The molecular formula is C16H18ClNO2S. The Kier molecular flexibility index (Phi) is 4.91. The van der Waals surface area contributed by atoms with Crippen LogP contribution in [0.2, 0.25) is 5.02 Å². The SMILES string of the molecule is CCC(Nc1ccccc1S(C)(=O)=O)c1ccc(Cl)cc1. The third-order valence-corrected chi connectivity index (χ3v) is 4.70. The minimum Gasteiger partial charge on any atom is -0.377 e. The van der Waals surface area contributed by atoms with E-state index in [1.807, 2.05) is 30.3 Å². The molecule has 1 atom stereocenters. The number of halogens is 1. The third-order valence-electron chi connectivity index (χ3n) is 3.30. The van der Waals surface area contributed by atoms with Crippen molar-refractivity contribution >= 4 is 27.1 Å². The van der Waals surface area contributed by atoms with E-state index in [1.165, 1.54) is 6.26 Å². The normalized spacial score (nSPS) is 12.9. The van der Waals surface area contributed by atoms with E-state index in [-0.39, 0.29) is 6.04 Å². The van der Waals surface area contributed by atoms with Gasteiger partial charge in [-0.3, -0.25) is 0 Å². The first-order valence-corrected chi connectivity index (χ1v) is 9.00. The molecule has 2 aromatic rings. The lowest BCUT2D eigenvalue weighted by Crippen LogP contribution is -2.12. The summed E-state index contributed by atoms with van der Waals surface area (Å²) in [5.74, 6) is 0. The van der Waals surface area contributed by atoms with E-state index in [0.717, 1.165) is 12.0 Å². The predicted molar refractivity (Wildman–Crippen MR) is 87.7 cm³/mol. The Hall–Kier alpha value is -1.52. The summed E-state index contributed by atoms with van der Waals surface area (Å²) < 4.78 is 23.7. The second-order valence-corrected chi connectivity index (χ2v) is 7.35. The quantitative estimate of drug-likeness (QED) is 0.892. The molecule has 0 aliphatic carbocycles. The van der Waals surface area contributed by atoms with Crippen LogP contribution in [0.4, 0.5) is 5.69 Å². The van der Waals surface area contributed by atoms with Gasteiger partial charge in [-0.2, -0.15) is 0 Å². The maximum absolute atomic E-state index is 11.8. The zero-order valence-corrected chi connectivity index (χ0v) is 13.6. The Balaban J connectivity index is 2.34. The average Bonchev–Trinajstić information content (AvgIpc) is 2.45. The van der Waals surface area contributed by atoms with Gasteiger partial charge >= 0.3 is 0 Å². The van der Waals surface area contributed by atoms with Gasteiger partial charge in [0.1, 0.15) is 0 Å². The molecule has 0 aliphatic heterocycles. The van der Waals surface area contributed by atoms with Crippen LogP contribution in [-0.4, -0.2) is 14.7 Å². The first kappa shape index (κ1) is 15.9. The Bertz CT molecular complexity index is 711. The first-order valence-electron chi connectivity index (χ1n) is 6.73. The highest BCUT2D eigenvalue weighted by Crippen LogP contribution is 2.28. The summed E-state index contributed by atoms with van der Waals surface area (Å²) in [6, 6.07) is 14.6. The molecule has 0 aromatic heterocycles. The Morgan fingerprint density at radius 3 is 2.29 bits per heavy atom. The molecule has 0 spiro atoms. The van der Waals surface area contributed by atoms with Crippen LogP contribution in [0.15, 0.2) is 53.4 Å². The molecular weight excluding hydrogens is 306 g/mol. The summed E-state index contributed by atoms with van der Waals surface area (Å²) in [7, 11) is -3.26. The van der Waals surface area contributed by atoms with Crippen LogP contribution in [0, 0.1) is 0 Å². The van der Waals surface area contributed by atoms with Crippen molar-refractivity contribution in [3.8, 4) is 0 Å². The molecule has 0 fully saturated rings. The lowest BCUT2D eigenvalue weighted by molar-refractivity contribution is 0.602. The fraction of sp³-hybridized carbons (Fsp3) is 0.250. The Morgan fingerprint density at radius 1 is 1.10 bits per heavy atom. The summed E-state index contributed by atoms with van der Waals surface area (Å²) in [4.78, 5) is 0.317. The maximum Gasteiger partial charge on any atom is 0.177 e. The number of sulfone groups is 1. The molecule has 5 heteroatoms. The van der Waals surface area contributed by atoms with Crippen molar-refractivity contribution in [2.45, 2.75) is 24.3 Å². The summed E-state index contributed by atoms with van der Waals surface area (Å²) in [5.41, 5.74) is 1.70. The zero-order chi connectivity index (χ0) is 15.5. The van der Waals surface area contributed by atoms with Crippen LogP contribution >= 0.6 is 11.6 Å². The van der Waals surface area contributed by atoms with E-state index in [2.05, 4.69) is 12.2 Å². The van der Waals surface area contributed by atoms with E-state index in [4.69, 9.17) is 11.6 Å². The van der Waals surface area contributed by atoms with Crippen LogP contribution < -0.4 is 5.32 Å². The number of rotatable bonds is 5. The Morgan fingerprint density at radius 2 is 1.71 bits per heavy atom. The van der Waals surface area contributed by atoms with Crippen LogP contribution in [0.5, 0.6) is 0 Å². The molecule has 2 rings (SSSR count). The second kappa shape index (κ2) is 6.50. The average molecular weight is 324 g/mol. The fourth-order valence-corrected chi connectivity index (χ4v) is 3.19. The van der Waals surface area contributed by atoms with Crippen LogP contribution in [0.25, 0.3) is 0 Å². The molecule has 112 valence electrons. The molecule has 21 heavy (non-hydrogen) atoms. The lowest BCUT2D eigenvalue weighted by Gasteiger charge is -2.20.